The number of hydrogen-bond donors (Lipinski definition) is 1. The highest BCUT2D eigenvalue weighted by molar-refractivity contribution is 5.36. The van der Waals surface area contributed by atoms with E-state index in [1.807, 2.05) is 6.07 Å². The molecule has 1 aliphatic carbocycles. The zero-order valence-corrected chi connectivity index (χ0v) is 11.4. The van der Waals surface area contributed by atoms with Crippen molar-refractivity contribution in [3.8, 4) is 0 Å². The Bertz CT molecular complexity index is 375. The molecule has 4 heteroatoms. The summed E-state index contributed by atoms with van der Waals surface area (Å²) in [4.78, 5) is 9.29. The van der Waals surface area contributed by atoms with Gasteiger partial charge in [0.15, 0.2) is 0 Å². The molecule has 2 rings (SSSR count). The maximum Gasteiger partial charge on any atom is 0.134 e. The molecule has 1 fully saturated rings. The Labute approximate surface area is 109 Å². The van der Waals surface area contributed by atoms with E-state index in [4.69, 9.17) is 4.74 Å². The summed E-state index contributed by atoms with van der Waals surface area (Å²) < 4.78 is 5.19. The molecule has 4 nitrogen and oxygen atoms in total. The first kappa shape index (κ1) is 13.3. The fraction of sp³-hybridized carbons (Fsp3) is 0.714. The molecule has 0 bridgehead atoms. The summed E-state index contributed by atoms with van der Waals surface area (Å²) in [7, 11) is 1.70. The number of methoxy groups -OCH3 is 1. The minimum Gasteiger partial charge on any atom is -0.378 e. The van der Waals surface area contributed by atoms with E-state index in [9.17, 15) is 0 Å². The Morgan fingerprint density at radius 2 is 2.11 bits per heavy atom. The third kappa shape index (κ3) is 3.42. The standard InChI is InChI=1S/C14H23N3O/c1-3-8-15-13-9-12(10-18-2)16-14(17-13)11-6-4-5-7-11/h9,11H,3-8,10H2,1-2H3,(H,15,16,17). The summed E-state index contributed by atoms with van der Waals surface area (Å²) in [5.74, 6) is 2.49. The molecule has 1 saturated carbocycles. The Morgan fingerprint density at radius 1 is 1.33 bits per heavy atom. The fourth-order valence-corrected chi connectivity index (χ4v) is 2.45. The normalized spacial score (nSPS) is 16.1. The molecule has 1 N–H and O–H groups in total. The number of ether oxygens (including phenoxy) is 1. The average molecular weight is 249 g/mol. The first-order valence-electron chi connectivity index (χ1n) is 6.94. The van der Waals surface area contributed by atoms with Crippen LogP contribution in [0.2, 0.25) is 0 Å². The molecule has 100 valence electrons. The van der Waals surface area contributed by atoms with Gasteiger partial charge in [0.2, 0.25) is 0 Å². The molecular formula is C14H23N3O. The van der Waals surface area contributed by atoms with E-state index in [2.05, 4.69) is 22.2 Å². The van der Waals surface area contributed by atoms with E-state index in [-0.39, 0.29) is 0 Å². The zero-order chi connectivity index (χ0) is 12.8. The highest BCUT2D eigenvalue weighted by Gasteiger charge is 2.20. The third-order valence-corrected chi connectivity index (χ3v) is 3.37. The van der Waals surface area contributed by atoms with Gasteiger partial charge in [-0.2, -0.15) is 0 Å². The largest absolute Gasteiger partial charge is 0.378 e. The Balaban J connectivity index is 2.17. The summed E-state index contributed by atoms with van der Waals surface area (Å²) in [6.07, 6.45) is 6.16. The van der Waals surface area contributed by atoms with Gasteiger partial charge in [-0.3, -0.25) is 0 Å². The molecule has 0 aliphatic heterocycles. The Hall–Kier alpha value is -1.16. The van der Waals surface area contributed by atoms with Crippen LogP contribution in [0, 0.1) is 0 Å². The summed E-state index contributed by atoms with van der Waals surface area (Å²) in [6, 6.07) is 2.00. The smallest absolute Gasteiger partial charge is 0.134 e. The first-order chi connectivity index (χ1) is 8.83. The SMILES string of the molecule is CCCNc1cc(COC)nc(C2CCCC2)n1. The zero-order valence-electron chi connectivity index (χ0n) is 11.4. The van der Waals surface area contributed by atoms with Crippen LogP contribution >= 0.6 is 0 Å². The van der Waals surface area contributed by atoms with E-state index in [1.54, 1.807) is 7.11 Å². The topological polar surface area (TPSA) is 47.0 Å². The van der Waals surface area contributed by atoms with Gasteiger partial charge >= 0.3 is 0 Å². The van der Waals surface area contributed by atoms with Crippen molar-refractivity contribution in [2.75, 3.05) is 19.0 Å². The van der Waals surface area contributed by atoms with Crippen molar-refractivity contribution in [3.05, 3.63) is 17.6 Å². The molecule has 1 aliphatic rings. The second-order valence-electron chi connectivity index (χ2n) is 4.94. The first-order valence-corrected chi connectivity index (χ1v) is 6.94. The van der Waals surface area contributed by atoms with Gasteiger partial charge in [0, 0.05) is 25.6 Å². The summed E-state index contributed by atoms with van der Waals surface area (Å²) >= 11 is 0. The van der Waals surface area contributed by atoms with Crippen LogP contribution in [0.25, 0.3) is 0 Å². The molecule has 1 aromatic heterocycles. The summed E-state index contributed by atoms with van der Waals surface area (Å²) in [5, 5.41) is 3.35. The van der Waals surface area contributed by atoms with Crippen molar-refractivity contribution in [1.29, 1.82) is 0 Å². The van der Waals surface area contributed by atoms with Gasteiger partial charge in [0.05, 0.1) is 12.3 Å². The lowest BCUT2D eigenvalue weighted by molar-refractivity contribution is 0.181. The molecule has 0 amide bonds. The van der Waals surface area contributed by atoms with Gasteiger partial charge in [0.25, 0.3) is 0 Å². The predicted octanol–water partition coefficient (Wildman–Crippen LogP) is 3.10. The second kappa shape index (κ2) is 6.69. The van der Waals surface area contributed by atoms with Gasteiger partial charge in [-0.05, 0) is 19.3 Å². The van der Waals surface area contributed by atoms with E-state index in [1.165, 1.54) is 25.7 Å². The average Bonchev–Trinajstić information content (AvgIpc) is 2.90. The maximum atomic E-state index is 5.19. The van der Waals surface area contributed by atoms with E-state index < -0.39 is 0 Å². The van der Waals surface area contributed by atoms with Gasteiger partial charge in [-0.1, -0.05) is 19.8 Å². The van der Waals surface area contributed by atoms with E-state index >= 15 is 0 Å². The number of aromatic nitrogens is 2. The molecule has 1 heterocycles. The number of nitrogens with zero attached hydrogens (tertiary/aromatic N) is 2. The van der Waals surface area contributed by atoms with Crippen LogP contribution in [0.15, 0.2) is 6.07 Å². The minimum atomic E-state index is 0.545. The molecule has 0 saturated heterocycles. The Kier molecular flexibility index (Phi) is 4.93. The molecule has 0 radical (unpaired) electrons. The van der Waals surface area contributed by atoms with Crippen molar-refractivity contribution in [1.82, 2.24) is 9.97 Å². The van der Waals surface area contributed by atoms with Crippen LogP contribution in [0.4, 0.5) is 5.82 Å². The monoisotopic (exact) mass is 249 g/mol. The number of hydrogen-bond acceptors (Lipinski definition) is 4. The third-order valence-electron chi connectivity index (χ3n) is 3.37. The number of anilines is 1. The van der Waals surface area contributed by atoms with Crippen molar-refractivity contribution in [2.24, 2.45) is 0 Å². The molecule has 18 heavy (non-hydrogen) atoms. The Morgan fingerprint density at radius 3 is 2.78 bits per heavy atom. The van der Waals surface area contributed by atoms with Crippen LogP contribution in [0.3, 0.4) is 0 Å². The molecule has 0 unspecified atom stereocenters. The second-order valence-corrected chi connectivity index (χ2v) is 4.94. The quantitative estimate of drug-likeness (QED) is 0.841. The fourth-order valence-electron chi connectivity index (χ4n) is 2.45. The van der Waals surface area contributed by atoms with E-state index in [0.717, 1.165) is 30.3 Å². The highest BCUT2D eigenvalue weighted by atomic mass is 16.5. The molecule has 1 aromatic rings. The van der Waals surface area contributed by atoms with Crippen molar-refractivity contribution in [2.45, 2.75) is 51.6 Å². The molecule has 0 atom stereocenters. The van der Waals surface area contributed by atoms with Crippen LogP contribution in [0.1, 0.15) is 56.5 Å². The van der Waals surface area contributed by atoms with Crippen molar-refractivity contribution < 1.29 is 4.74 Å². The van der Waals surface area contributed by atoms with Gasteiger partial charge in [0.1, 0.15) is 11.6 Å². The minimum absolute atomic E-state index is 0.545. The number of nitrogens with one attached hydrogen (secondary N) is 1. The van der Waals surface area contributed by atoms with Crippen molar-refractivity contribution in [3.63, 3.8) is 0 Å². The van der Waals surface area contributed by atoms with Gasteiger partial charge in [-0.15, -0.1) is 0 Å². The maximum absolute atomic E-state index is 5.19. The lowest BCUT2D eigenvalue weighted by atomic mass is 10.1. The van der Waals surface area contributed by atoms with Crippen LogP contribution in [-0.2, 0) is 11.3 Å². The van der Waals surface area contributed by atoms with Crippen LogP contribution in [-0.4, -0.2) is 23.6 Å². The van der Waals surface area contributed by atoms with Gasteiger partial charge in [-0.25, -0.2) is 9.97 Å². The van der Waals surface area contributed by atoms with Crippen molar-refractivity contribution >= 4 is 5.82 Å². The number of rotatable bonds is 6. The molecule has 0 aromatic carbocycles. The highest BCUT2D eigenvalue weighted by Crippen LogP contribution is 2.32. The van der Waals surface area contributed by atoms with Gasteiger partial charge < -0.3 is 10.1 Å². The van der Waals surface area contributed by atoms with Crippen LogP contribution < -0.4 is 5.32 Å². The summed E-state index contributed by atoms with van der Waals surface area (Å²) in [6.45, 7) is 3.67. The predicted molar refractivity (Wildman–Crippen MR) is 72.7 cm³/mol. The lowest BCUT2D eigenvalue weighted by Gasteiger charge is -2.12. The van der Waals surface area contributed by atoms with Crippen LogP contribution in [0.5, 0.6) is 0 Å². The lowest BCUT2D eigenvalue weighted by Crippen LogP contribution is -2.09. The molecule has 0 spiro atoms. The molecular weight excluding hydrogens is 226 g/mol. The summed E-state index contributed by atoms with van der Waals surface area (Å²) in [5.41, 5.74) is 0.980. The van der Waals surface area contributed by atoms with E-state index in [0.29, 0.717) is 12.5 Å².